The van der Waals surface area contributed by atoms with Gasteiger partial charge in [0.15, 0.2) is 29.0 Å². The first-order valence-corrected chi connectivity index (χ1v) is 9.00. The first kappa shape index (κ1) is 22.6. The fraction of sp³-hybridized carbons (Fsp3) is 0.100. The average molecular weight is 448 g/mol. The summed E-state index contributed by atoms with van der Waals surface area (Å²) < 4.78 is 55.2. The Kier molecular flexibility index (Phi) is 6.35. The number of rotatable bonds is 6. The zero-order valence-corrected chi connectivity index (χ0v) is 16.5. The molecule has 1 heterocycles. The number of anilines is 1. The van der Waals surface area contributed by atoms with Crippen molar-refractivity contribution < 1.29 is 27.2 Å². The highest BCUT2D eigenvalue weighted by Crippen LogP contribution is 2.27. The summed E-state index contributed by atoms with van der Waals surface area (Å²) >= 11 is 0. The van der Waals surface area contributed by atoms with E-state index in [4.69, 9.17) is 11.5 Å². The molecule has 0 spiro atoms. The number of benzene rings is 2. The van der Waals surface area contributed by atoms with Crippen LogP contribution in [0.5, 0.6) is 0 Å². The summed E-state index contributed by atoms with van der Waals surface area (Å²) in [5.41, 5.74) is 13.2. The quantitative estimate of drug-likeness (QED) is 0.260. The van der Waals surface area contributed by atoms with Gasteiger partial charge in [0.05, 0.1) is 17.6 Å². The molecule has 0 saturated carbocycles. The number of nitrogens with zero attached hydrogens (tertiary/aromatic N) is 2. The van der Waals surface area contributed by atoms with Crippen LogP contribution in [0.4, 0.5) is 23.2 Å². The first-order valence-electron chi connectivity index (χ1n) is 9.00. The largest absolute Gasteiger partial charge is 0.364 e. The third kappa shape index (κ3) is 4.21. The molecule has 0 unspecified atom stereocenters. The van der Waals surface area contributed by atoms with Gasteiger partial charge in [-0.2, -0.15) is 0 Å². The molecular weight excluding hydrogens is 432 g/mol. The average Bonchev–Trinajstić information content (AvgIpc) is 2.80. The van der Waals surface area contributed by atoms with E-state index in [0.717, 1.165) is 6.92 Å². The van der Waals surface area contributed by atoms with E-state index in [2.05, 4.69) is 9.97 Å². The summed E-state index contributed by atoms with van der Waals surface area (Å²) in [5.74, 6) is -8.28. The van der Waals surface area contributed by atoms with Crippen molar-refractivity contribution in [2.45, 2.75) is 13.5 Å². The summed E-state index contributed by atoms with van der Waals surface area (Å²) in [6.07, 6.45) is 1.33. The number of nitrogens with one attached hydrogen (secondary N) is 2. The van der Waals surface area contributed by atoms with Crippen molar-refractivity contribution in [2.24, 2.45) is 11.5 Å². The molecule has 0 aliphatic rings. The zero-order valence-electron chi connectivity index (χ0n) is 16.5. The zero-order chi connectivity index (χ0) is 23.6. The van der Waals surface area contributed by atoms with Crippen molar-refractivity contribution in [1.29, 1.82) is 0 Å². The van der Waals surface area contributed by atoms with Gasteiger partial charge in [-0.1, -0.05) is 12.1 Å². The van der Waals surface area contributed by atoms with E-state index in [1.165, 1.54) is 24.4 Å². The molecule has 32 heavy (non-hydrogen) atoms. The Hall–Kier alpha value is -4.06. The van der Waals surface area contributed by atoms with Crippen molar-refractivity contribution >= 4 is 17.5 Å². The van der Waals surface area contributed by atoms with Crippen LogP contribution < -0.4 is 22.3 Å². The summed E-state index contributed by atoms with van der Waals surface area (Å²) in [4.78, 5) is 32.1. The summed E-state index contributed by atoms with van der Waals surface area (Å²) in [6.45, 7) is 0.810. The predicted octanol–water partition coefficient (Wildman–Crippen LogP) is 2.32. The highest BCUT2D eigenvalue weighted by Gasteiger charge is 2.23. The van der Waals surface area contributed by atoms with Crippen LogP contribution >= 0.6 is 0 Å². The topological polar surface area (TPSA) is 136 Å². The molecule has 0 atom stereocenters. The van der Waals surface area contributed by atoms with Gasteiger partial charge < -0.3 is 11.5 Å². The molecule has 8 nitrogen and oxygen atoms in total. The maximum atomic E-state index is 13.9. The lowest BCUT2D eigenvalue weighted by molar-refractivity contribution is 0.0960. The van der Waals surface area contributed by atoms with Crippen LogP contribution in [0.1, 0.15) is 32.1 Å². The third-order valence-corrected chi connectivity index (χ3v) is 4.48. The van der Waals surface area contributed by atoms with Crippen molar-refractivity contribution in [3.63, 3.8) is 0 Å². The summed E-state index contributed by atoms with van der Waals surface area (Å²) in [7, 11) is 0. The SMILES string of the molecule is Cc1c(F)c(F)c(NNC(=O)c2cccc(-c3cnc(CN)c(C(N)=O)n3)c2)c(F)c1F. The Morgan fingerprint density at radius 3 is 2.31 bits per heavy atom. The smallest absolute Gasteiger partial charge is 0.269 e. The van der Waals surface area contributed by atoms with Crippen LogP contribution in [0.3, 0.4) is 0 Å². The standard InChI is InChI=1S/C20H16F4N6O2/c1-8-13(21)15(23)18(16(24)14(8)22)29-30-20(32)10-4-2-3-9(5-10)12-7-27-11(6-25)17(28-12)19(26)31/h2-5,7,29H,6,25H2,1H3,(H2,26,31)(H,30,32). The molecule has 0 saturated heterocycles. The van der Waals surface area contributed by atoms with Crippen molar-refractivity contribution in [3.05, 3.63) is 76.2 Å². The molecule has 2 amide bonds. The summed E-state index contributed by atoms with van der Waals surface area (Å²) in [5, 5.41) is 0. The van der Waals surface area contributed by atoms with Gasteiger partial charge >= 0.3 is 0 Å². The highest BCUT2D eigenvalue weighted by atomic mass is 19.2. The van der Waals surface area contributed by atoms with Crippen LogP contribution in [0, 0.1) is 30.2 Å². The van der Waals surface area contributed by atoms with Crippen molar-refractivity contribution in [2.75, 3.05) is 5.43 Å². The minimum atomic E-state index is -1.69. The van der Waals surface area contributed by atoms with Gasteiger partial charge in [0.25, 0.3) is 11.8 Å². The van der Waals surface area contributed by atoms with E-state index in [0.29, 0.717) is 5.56 Å². The Labute approximate surface area is 178 Å². The monoisotopic (exact) mass is 448 g/mol. The molecule has 0 radical (unpaired) electrons. The normalized spacial score (nSPS) is 10.7. The molecule has 6 N–H and O–H groups in total. The number of carbonyl (C=O) groups excluding carboxylic acids is 2. The number of primary amides is 1. The molecule has 12 heteroatoms. The number of halogens is 4. The van der Waals surface area contributed by atoms with Crippen LogP contribution in [0.2, 0.25) is 0 Å². The highest BCUT2D eigenvalue weighted by molar-refractivity contribution is 5.96. The minimum absolute atomic E-state index is 0.00537. The number of hydrogen-bond donors (Lipinski definition) is 4. The van der Waals surface area contributed by atoms with Crippen LogP contribution in [-0.2, 0) is 6.54 Å². The van der Waals surface area contributed by atoms with Crippen LogP contribution in [0.25, 0.3) is 11.3 Å². The second-order valence-corrected chi connectivity index (χ2v) is 6.53. The molecule has 0 fully saturated rings. The molecule has 1 aromatic heterocycles. The molecule has 3 aromatic rings. The van der Waals surface area contributed by atoms with Crippen molar-refractivity contribution in [1.82, 2.24) is 15.4 Å². The van der Waals surface area contributed by atoms with Crippen LogP contribution in [-0.4, -0.2) is 21.8 Å². The van der Waals surface area contributed by atoms with Gasteiger partial charge in [0, 0.05) is 23.2 Å². The maximum Gasteiger partial charge on any atom is 0.269 e. The lowest BCUT2D eigenvalue weighted by atomic mass is 10.1. The third-order valence-electron chi connectivity index (χ3n) is 4.48. The number of hydrazine groups is 1. The number of amides is 2. The number of hydrogen-bond acceptors (Lipinski definition) is 6. The Bertz CT molecular complexity index is 1210. The molecule has 0 aliphatic heterocycles. The molecule has 2 aromatic carbocycles. The van der Waals surface area contributed by atoms with E-state index in [1.54, 1.807) is 6.07 Å². The van der Waals surface area contributed by atoms with E-state index >= 15 is 0 Å². The van der Waals surface area contributed by atoms with Gasteiger partial charge in [-0.15, -0.1) is 0 Å². The lowest BCUT2D eigenvalue weighted by Crippen LogP contribution is -2.31. The first-order chi connectivity index (χ1) is 15.1. The van der Waals surface area contributed by atoms with E-state index in [1.807, 2.05) is 10.9 Å². The van der Waals surface area contributed by atoms with Gasteiger partial charge in [0.2, 0.25) is 0 Å². The Morgan fingerprint density at radius 1 is 1.06 bits per heavy atom. The second kappa shape index (κ2) is 8.98. The lowest BCUT2D eigenvalue weighted by Gasteiger charge is -2.13. The predicted molar refractivity (Wildman–Crippen MR) is 106 cm³/mol. The molecule has 3 rings (SSSR count). The van der Waals surface area contributed by atoms with Crippen molar-refractivity contribution in [3.8, 4) is 11.3 Å². The molecule has 0 bridgehead atoms. The number of nitrogens with two attached hydrogens (primary N) is 2. The van der Waals surface area contributed by atoms with E-state index < -0.39 is 46.3 Å². The van der Waals surface area contributed by atoms with E-state index in [9.17, 15) is 27.2 Å². The Morgan fingerprint density at radius 2 is 1.72 bits per heavy atom. The maximum absolute atomic E-state index is 13.9. The van der Waals surface area contributed by atoms with Gasteiger partial charge in [0.1, 0.15) is 5.69 Å². The van der Waals surface area contributed by atoms with Gasteiger partial charge in [-0.3, -0.25) is 25.4 Å². The minimum Gasteiger partial charge on any atom is -0.364 e. The van der Waals surface area contributed by atoms with Gasteiger partial charge in [-0.25, -0.2) is 22.5 Å². The number of carbonyl (C=O) groups is 2. The fourth-order valence-electron chi connectivity index (χ4n) is 2.76. The summed E-state index contributed by atoms with van der Waals surface area (Å²) in [6, 6.07) is 5.74. The molecule has 166 valence electrons. The van der Waals surface area contributed by atoms with Gasteiger partial charge in [-0.05, 0) is 19.1 Å². The van der Waals surface area contributed by atoms with Crippen LogP contribution in [0.15, 0.2) is 30.5 Å². The Balaban J connectivity index is 1.86. The fourth-order valence-corrected chi connectivity index (χ4v) is 2.76. The number of aromatic nitrogens is 2. The molecular formula is C20H16F4N6O2. The van der Waals surface area contributed by atoms with E-state index in [-0.39, 0.29) is 29.2 Å². The molecule has 0 aliphatic carbocycles. The second-order valence-electron chi connectivity index (χ2n) is 6.53.